The molecular formula is C27H31ClFN5O. The lowest BCUT2D eigenvalue weighted by molar-refractivity contribution is 0.108. The molecule has 2 heterocycles. The lowest BCUT2D eigenvalue weighted by Crippen LogP contribution is -2.46. The normalized spacial score (nSPS) is 15.4. The average molecular weight is 496 g/mol. The fraction of sp³-hybridized carbons (Fsp3) is 0.333. The summed E-state index contributed by atoms with van der Waals surface area (Å²) >= 11 is 6.48. The van der Waals surface area contributed by atoms with Crippen molar-refractivity contribution >= 4 is 28.8 Å². The number of aryl methyl sites for hydroxylation is 1. The first-order valence-electron chi connectivity index (χ1n) is 11.8. The van der Waals surface area contributed by atoms with Crippen molar-refractivity contribution in [1.29, 1.82) is 0 Å². The van der Waals surface area contributed by atoms with Crippen LogP contribution in [-0.4, -0.2) is 64.2 Å². The van der Waals surface area contributed by atoms with Gasteiger partial charge >= 0.3 is 0 Å². The van der Waals surface area contributed by atoms with Gasteiger partial charge in [0.25, 0.3) is 0 Å². The van der Waals surface area contributed by atoms with Crippen LogP contribution < -0.4 is 5.32 Å². The molecule has 1 fully saturated rings. The number of hydrogen-bond acceptors (Lipinski definition) is 6. The van der Waals surface area contributed by atoms with Crippen LogP contribution in [-0.2, 0) is 6.54 Å². The molecule has 0 atom stereocenters. The van der Waals surface area contributed by atoms with Gasteiger partial charge in [0.2, 0.25) is 5.95 Å². The highest BCUT2D eigenvalue weighted by molar-refractivity contribution is 6.32. The first kappa shape index (κ1) is 25.3. The van der Waals surface area contributed by atoms with Crippen LogP contribution in [0.1, 0.15) is 29.3 Å². The van der Waals surface area contributed by atoms with Gasteiger partial charge in [-0.3, -0.25) is 9.80 Å². The second-order valence-electron chi connectivity index (χ2n) is 8.72. The number of anilines is 2. The van der Waals surface area contributed by atoms with Crippen molar-refractivity contribution in [1.82, 2.24) is 19.8 Å². The molecule has 1 aliphatic heterocycles. The number of halogens is 2. The fourth-order valence-corrected chi connectivity index (χ4v) is 4.61. The number of rotatable bonds is 8. The van der Waals surface area contributed by atoms with Gasteiger partial charge < -0.3 is 10.4 Å². The molecule has 1 aromatic heterocycles. The topological polar surface area (TPSA) is 64.5 Å². The third kappa shape index (κ3) is 6.44. The van der Waals surface area contributed by atoms with Crippen molar-refractivity contribution in [2.24, 2.45) is 0 Å². The van der Waals surface area contributed by atoms with Crippen LogP contribution in [0.2, 0.25) is 5.02 Å². The molecule has 0 amide bonds. The van der Waals surface area contributed by atoms with E-state index in [-0.39, 0.29) is 12.4 Å². The minimum absolute atomic E-state index is 0.210. The molecular weight excluding hydrogens is 465 g/mol. The van der Waals surface area contributed by atoms with E-state index in [1.54, 1.807) is 12.3 Å². The lowest BCUT2D eigenvalue weighted by Gasteiger charge is -2.34. The molecule has 2 N–H and O–H groups in total. The van der Waals surface area contributed by atoms with Gasteiger partial charge in [-0.2, -0.15) is 0 Å². The Morgan fingerprint density at radius 3 is 2.63 bits per heavy atom. The molecule has 0 aliphatic carbocycles. The van der Waals surface area contributed by atoms with E-state index < -0.39 is 0 Å². The third-order valence-corrected chi connectivity index (χ3v) is 6.51. The zero-order valence-electron chi connectivity index (χ0n) is 20.1. The van der Waals surface area contributed by atoms with Gasteiger partial charge in [-0.05, 0) is 54.8 Å². The summed E-state index contributed by atoms with van der Waals surface area (Å²) in [7, 11) is 0. The number of aliphatic hydroxyl groups excluding tert-OH is 1. The number of nitrogens with one attached hydrogen (secondary N) is 1. The molecule has 4 rings (SSSR count). The SMILES string of the molecule is C/C=C(\c1ccc(F)cc1C)c1nc(Nc2cccc(CN3CCN(CCO)CC3)c2)ncc1Cl. The average Bonchev–Trinajstić information content (AvgIpc) is 2.84. The molecule has 0 spiro atoms. The summed E-state index contributed by atoms with van der Waals surface area (Å²) in [6.45, 7) is 9.51. The Bertz CT molecular complexity index is 1190. The Labute approximate surface area is 211 Å². The largest absolute Gasteiger partial charge is 0.395 e. The van der Waals surface area contributed by atoms with E-state index in [4.69, 9.17) is 21.7 Å². The molecule has 8 heteroatoms. The molecule has 0 unspecified atom stereocenters. The highest BCUT2D eigenvalue weighted by Crippen LogP contribution is 2.31. The third-order valence-electron chi connectivity index (χ3n) is 6.24. The van der Waals surface area contributed by atoms with E-state index in [1.165, 1.54) is 17.7 Å². The number of β-amino-alcohol motifs (C(OH)–C–C–N with tert-alkyl or cyclic N) is 1. The first-order valence-corrected chi connectivity index (χ1v) is 12.2. The molecule has 1 saturated heterocycles. The van der Waals surface area contributed by atoms with E-state index in [9.17, 15) is 4.39 Å². The molecule has 0 radical (unpaired) electrons. The molecule has 2 aromatic carbocycles. The number of aliphatic hydroxyl groups is 1. The van der Waals surface area contributed by atoms with Gasteiger partial charge in [-0.15, -0.1) is 0 Å². The summed E-state index contributed by atoms with van der Waals surface area (Å²) in [6, 6.07) is 12.9. The minimum atomic E-state index is -0.273. The number of aromatic nitrogens is 2. The Balaban J connectivity index is 1.49. The Kier molecular flexibility index (Phi) is 8.46. The standard InChI is InChI=1S/C27H31ClFN5O/c1-3-23(24-8-7-21(29)15-19(24)2)26-25(28)17-30-27(32-26)31-22-6-4-5-20(16-22)18-34-11-9-33(10-12-34)13-14-35/h3-8,15-17,35H,9-14,18H2,1-2H3,(H,30,31,32)/b23-3+. The Morgan fingerprint density at radius 1 is 1.14 bits per heavy atom. The quantitative estimate of drug-likeness (QED) is 0.464. The molecule has 0 saturated carbocycles. The van der Waals surface area contributed by atoms with Crippen molar-refractivity contribution in [3.63, 3.8) is 0 Å². The van der Waals surface area contributed by atoms with Gasteiger partial charge in [0.15, 0.2) is 0 Å². The van der Waals surface area contributed by atoms with E-state index in [0.717, 1.165) is 61.7 Å². The van der Waals surface area contributed by atoms with Gasteiger partial charge in [0.05, 0.1) is 23.5 Å². The second kappa shape index (κ2) is 11.7. The van der Waals surface area contributed by atoms with E-state index in [1.807, 2.05) is 32.1 Å². The fourth-order valence-electron chi connectivity index (χ4n) is 4.41. The summed E-state index contributed by atoms with van der Waals surface area (Å²) < 4.78 is 13.6. The second-order valence-corrected chi connectivity index (χ2v) is 9.13. The van der Waals surface area contributed by atoms with Gasteiger partial charge in [0.1, 0.15) is 5.82 Å². The van der Waals surface area contributed by atoms with E-state index in [0.29, 0.717) is 16.7 Å². The summed E-state index contributed by atoms with van der Waals surface area (Å²) in [6.07, 6.45) is 3.52. The summed E-state index contributed by atoms with van der Waals surface area (Å²) in [5.41, 5.74) is 5.21. The van der Waals surface area contributed by atoms with E-state index in [2.05, 4.69) is 32.2 Å². The number of piperazine rings is 1. The van der Waals surface area contributed by atoms with Crippen LogP contribution >= 0.6 is 11.6 Å². The molecule has 184 valence electrons. The minimum Gasteiger partial charge on any atom is -0.395 e. The molecule has 0 bridgehead atoms. The number of allylic oxidation sites excluding steroid dienone is 1. The predicted octanol–water partition coefficient (Wildman–Crippen LogP) is 4.88. The van der Waals surface area contributed by atoms with Crippen molar-refractivity contribution in [3.05, 3.63) is 88.0 Å². The Hall–Kier alpha value is -2.84. The van der Waals surface area contributed by atoms with Crippen molar-refractivity contribution in [3.8, 4) is 0 Å². The smallest absolute Gasteiger partial charge is 0.227 e. The Morgan fingerprint density at radius 2 is 1.91 bits per heavy atom. The first-order chi connectivity index (χ1) is 17.0. The zero-order valence-corrected chi connectivity index (χ0v) is 20.9. The molecule has 1 aliphatic rings. The monoisotopic (exact) mass is 495 g/mol. The van der Waals surface area contributed by atoms with Gasteiger partial charge in [0, 0.05) is 50.5 Å². The van der Waals surface area contributed by atoms with Crippen molar-refractivity contribution in [2.75, 3.05) is 44.6 Å². The maximum Gasteiger partial charge on any atom is 0.227 e. The molecule has 6 nitrogen and oxygen atoms in total. The van der Waals surface area contributed by atoms with Crippen LogP contribution in [0.25, 0.3) is 5.57 Å². The van der Waals surface area contributed by atoms with Crippen molar-refractivity contribution in [2.45, 2.75) is 20.4 Å². The summed E-state index contributed by atoms with van der Waals surface area (Å²) in [5.74, 6) is 0.169. The zero-order chi connectivity index (χ0) is 24.8. The summed E-state index contributed by atoms with van der Waals surface area (Å²) in [4.78, 5) is 13.8. The van der Waals surface area contributed by atoms with Crippen LogP contribution in [0.5, 0.6) is 0 Å². The van der Waals surface area contributed by atoms with Crippen LogP contribution in [0.3, 0.4) is 0 Å². The maximum atomic E-state index is 13.6. The van der Waals surface area contributed by atoms with Crippen LogP contribution in [0.4, 0.5) is 16.0 Å². The molecule has 35 heavy (non-hydrogen) atoms. The lowest BCUT2D eigenvalue weighted by atomic mass is 9.97. The predicted molar refractivity (Wildman–Crippen MR) is 139 cm³/mol. The van der Waals surface area contributed by atoms with Crippen molar-refractivity contribution < 1.29 is 9.50 Å². The summed E-state index contributed by atoms with van der Waals surface area (Å²) in [5, 5.41) is 12.9. The van der Waals surface area contributed by atoms with Gasteiger partial charge in [-0.25, -0.2) is 14.4 Å². The van der Waals surface area contributed by atoms with Gasteiger partial charge in [-0.1, -0.05) is 35.9 Å². The number of benzene rings is 2. The maximum absolute atomic E-state index is 13.6. The van der Waals surface area contributed by atoms with Crippen LogP contribution in [0.15, 0.2) is 54.7 Å². The van der Waals surface area contributed by atoms with Crippen LogP contribution in [0, 0.1) is 12.7 Å². The highest BCUT2D eigenvalue weighted by atomic mass is 35.5. The number of hydrogen-bond donors (Lipinski definition) is 2. The van der Waals surface area contributed by atoms with E-state index >= 15 is 0 Å². The number of nitrogens with zero attached hydrogens (tertiary/aromatic N) is 4. The highest BCUT2D eigenvalue weighted by Gasteiger charge is 2.17. The molecule has 3 aromatic rings.